The number of anilines is 2. The number of aromatic nitrogens is 1. The van der Waals surface area contributed by atoms with Gasteiger partial charge in [-0.15, -0.1) is 0 Å². The molecule has 6 heteroatoms. The molecule has 2 rings (SSSR count). The van der Waals surface area contributed by atoms with Gasteiger partial charge in [0, 0.05) is 36.7 Å². The van der Waals surface area contributed by atoms with Crippen LogP contribution in [-0.4, -0.2) is 23.5 Å². The van der Waals surface area contributed by atoms with Crippen LogP contribution in [0.4, 0.5) is 16.2 Å². The first kappa shape index (κ1) is 18.4. The number of nitrogens with one attached hydrogen (secondary N) is 3. The monoisotopic (exact) mass is 340 g/mol. The smallest absolute Gasteiger partial charge is 0.319 e. The number of hydrogen-bond donors (Lipinski definition) is 3. The van der Waals surface area contributed by atoms with E-state index in [1.807, 2.05) is 38.2 Å². The van der Waals surface area contributed by atoms with E-state index >= 15 is 0 Å². The fourth-order valence-electron chi connectivity index (χ4n) is 2.34. The first-order valence-electron chi connectivity index (χ1n) is 8.34. The molecule has 0 spiro atoms. The highest BCUT2D eigenvalue weighted by Gasteiger charge is 2.07. The number of pyridine rings is 1. The second-order valence-electron chi connectivity index (χ2n) is 5.86. The number of urea groups is 1. The molecule has 6 nitrogen and oxygen atoms in total. The van der Waals surface area contributed by atoms with Gasteiger partial charge >= 0.3 is 6.03 Å². The average molecular weight is 340 g/mol. The van der Waals surface area contributed by atoms with Crippen LogP contribution in [-0.2, 0) is 11.2 Å². The van der Waals surface area contributed by atoms with Crippen LogP contribution in [0.3, 0.4) is 0 Å². The van der Waals surface area contributed by atoms with Crippen molar-refractivity contribution in [3.63, 3.8) is 0 Å². The summed E-state index contributed by atoms with van der Waals surface area (Å²) in [5.74, 6) is -0.0630. The summed E-state index contributed by atoms with van der Waals surface area (Å²) >= 11 is 0. The third-order valence-electron chi connectivity index (χ3n) is 3.91. The Kier molecular flexibility index (Phi) is 6.51. The maximum atomic E-state index is 12.1. The highest BCUT2D eigenvalue weighted by molar-refractivity contribution is 5.94. The van der Waals surface area contributed by atoms with Gasteiger partial charge in [-0.25, -0.2) is 4.79 Å². The number of amides is 3. The molecule has 0 saturated carbocycles. The molecule has 1 aromatic carbocycles. The molecule has 0 aliphatic rings. The van der Waals surface area contributed by atoms with Crippen molar-refractivity contribution in [1.82, 2.24) is 10.3 Å². The van der Waals surface area contributed by atoms with E-state index in [9.17, 15) is 9.59 Å². The quantitative estimate of drug-likeness (QED) is 0.753. The van der Waals surface area contributed by atoms with Crippen LogP contribution in [0.2, 0.25) is 0 Å². The lowest BCUT2D eigenvalue weighted by atomic mass is 10.1. The van der Waals surface area contributed by atoms with Crippen molar-refractivity contribution in [2.75, 3.05) is 17.2 Å². The van der Waals surface area contributed by atoms with Gasteiger partial charge < -0.3 is 16.0 Å². The number of rotatable bonds is 6. The summed E-state index contributed by atoms with van der Waals surface area (Å²) in [6.07, 6.45) is 4.72. The van der Waals surface area contributed by atoms with Crippen molar-refractivity contribution in [3.05, 3.63) is 53.3 Å². The van der Waals surface area contributed by atoms with E-state index in [-0.39, 0.29) is 11.9 Å². The van der Waals surface area contributed by atoms with E-state index in [1.54, 1.807) is 19.2 Å². The normalized spacial score (nSPS) is 10.2. The first-order valence-corrected chi connectivity index (χ1v) is 8.34. The van der Waals surface area contributed by atoms with Crippen LogP contribution in [0.15, 0.2) is 36.7 Å². The third kappa shape index (κ3) is 5.60. The topological polar surface area (TPSA) is 83.1 Å². The molecule has 3 amide bonds. The van der Waals surface area contributed by atoms with E-state index in [2.05, 4.69) is 20.9 Å². The van der Waals surface area contributed by atoms with E-state index < -0.39 is 0 Å². The lowest BCUT2D eigenvalue weighted by Crippen LogP contribution is -2.30. The van der Waals surface area contributed by atoms with Gasteiger partial charge in [-0.3, -0.25) is 9.78 Å². The van der Waals surface area contributed by atoms with Crippen molar-refractivity contribution in [3.8, 4) is 0 Å². The molecule has 25 heavy (non-hydrogen) atoms. The minimum Gasteiger partial charge on any atom is -0.338 e. The molecule has 1 heterocycles. The Hall–Kier alpha value is -2.89. The number of aryl methyl sites for hydroxylation is 2. The van der Waals surface area contributed by atoms with Crippen LogP contribution in [0.1, 0.15) is 30.0 Å². The van der Waals surface area contributed by atoms with E-state index in [1.165, 1.54) is 0 Å². The van der Waals surface area contributed by atoms with Gasteiger partial charge in [0.15, 0.2) is 0 Å². The Bertz CT molecular complexity index is 759. The fraction of sp³-hybridized carbons (Fsp3) is 0.316. The number of carbonyl (C=O) groups excluding carboxylic acids is 2. The van der Waals surface area contributed by atoms with Gasteiger partial charge in [0.05, 0.1) is 0 Å². The van der Waals surface area contributed by atoms with Crippen LogP contribution in [0.25, 0.3) is 0 Å². The minimum absolute atomic E-state index is 0.0630. The molecular weight excluding hydrogens is 316 g/mol. The summed E-state index contributed by atoms with van der Waals surface area (Å²) in [6.45, 7) is 6.23. The Morgan fingerprint density at radius 2 is 1.88 bits per heavy atom. The van der Waals surface area contributed by atoms with Crippen molar-refractivity contribution >= 4 is 23.3 Å². The van der Waals surface area contributed by atoms with E-state index in [0.717, 1.165) is 23.1 Å². The van der Waals surface area contributed by atoms with E-state index in [0.29, 0.717) is 24.3 Å². The molecule has 1 aromatic heterocycles. The molecule has 0 bridgehead atoms. The SMILES string of the molecule is CCC(=O)Nc1ccc(C)c(NC(=O)NCCc2ccncc2C)c1. The lowest BCUT2D eigenvalue weighted by Gasteiger charge is -2.12. The Labute approximate surface area is 148 Å². The summed E-state index contributed by atoms with van der Waals surface area (Å²) in [5.41, 5.74) is 4.54. The highest BCUT2D eigenvalue weighted by Crippen LogP contribution is 2.20. The largest absolute Gasteiger partial charge is 0.338 e. The van der Waals surface area contributed by atoms with Crippen LogP contribution in [0.5, 0.6) is 0 Å². The molecule has 0 radical (unpaired) electrons. The predicted molar refractivity (Wildman–Crippen MR) is 99.8 cm³/mol. The molecule has 0 fully saturated rings. The van der Waals surface area contributed by atoms with Gasteiger partial charge in [0.1, 0.15) is 0 Å². The molecule has 0 atom stereocenters. The zero-order chi connectivity index (χ0) is 18.2. The maximum absolute atomic E-state index is 12.1. The van der Waals surface area contributed by atoms with Gasteiger partial charge in [-0.1, -0.05) is 13.0 Å². The molecule has 0 saturated heterocycles. The molecular formula is C19H24N4O2. The minimum atomic E-state index is -0.270. The molecule has 3 N–H and O–H groups in total. The number of hydrogen-bond acceptors (Lipinski definition) is 3. The van der Waals surface area contributed by atoms with Gasteiger partial charge in [-0.05, 0) is 55.2 Å². The molecule has 0 aliphatic carbocycles. The Morgan fingerprint density at radius 1 is 1.08 bits per heavy atom. The average Bonchev–Trinajstić information content (AvgIpc) is 2.59. The highest BCUT2D eigenvalue weighted by atomic mass is 16.2. The van der Waals surface area contributed by atoms with Crippen molar-refractivity contribution < 1.29 is 9.59 Å². The molecule has 0 unspecified atom stereocenters. The van der Waals surface area contributed by atoms with Gasteiger partial charge in [0.25, 0.3) is 0 Å². The summed E-state index contributed by atoms with van der Waals surface area (Å²) in [5, 5.41) is 8.46. The van der Waals surface area contributed by atoms with Crippen LogP contribution < -0.4 is 16.0 Å². The lowest BCUT2D eigenvalue weighted by molar-refractivity contribution is -0.115. The second kappa shape index (κ2) is 8.82. The van der Waals surface area contributed by atoms with E-state index in [4.69, 9.17) is 0 Å². The number of benzene rings is 1. The second-order valence-corrected chi connectivity index (χ2v) is 5.86. The summed E-state index contributed by atoms with van der Waals surface area (Å²) in [7, 11) is 0. The summed E-state index contributed by atoms with van der Waals surface area (Å²) in [4.78, 5) is 27.7. The Balaban J connectivity index is 1.90. The predicted octanol–water partition coefficient (Wildman–Crippen LogP) is 3.41. The Morgan fingerprint density at radius 3 is 2.60 bits per heavy atom. The van der Waals surface area contributed by atoms with Crippen LogP contribution >= 0.6 is 0 Å². The number of carbonyl (C=O) groups is 2. The fourth-order valence-corrected chi connectivity index (χ4v) is 2.34. The zero-order valence-corrected chi connectivity index (χ0v) is 14.8. The van der Waals surface area contributed by atoms with Crippen molar-refractivity contribution in [1.29, 1.82) is 0 Å². The van der Waals surface area contributed by atoms with Crippen molar-refractivity contribution in [2.24, 2.45) is 0 Å². The molecule has 132 valence electrons. The first-order chi connectivity index (χ1) is 12.0. The third-order valence-corrected chi connectivity index (χ3v) is 3.91. The molecule has 0 aliphatic heterocycles. The zero-order valence-electron chi connectivity index (χ0n) is 14.8. The number of nitrogens with zero attached hydrogens (tertiary/aromatic N) is 1. The van der Waals surface area contributed by atoms with Gasteiger partial charge in [0.2, 0.25) is 5.91 Å². The standard InChI is InChI=1S/C19H24N4O2/c1-4-18(24)22-16-6-5-13(2)17(11-16)23-19(25)21-10-8-15-7-9-20-12-14(15)3/h5-7,9,11-12H,4,8,10H2,1-3H3,(H,22,24)(H2,21,23,25). The summed E-state index contributed by atoms with van der Waals surface area (Å²) in [6, 6.07) is 7.13. The maximum Gasteiger partial charge on any atom is 0.319 e. The van der Waals surface area contributed by atoms with Crippen LogP contribution in [0, 0.1) is 13.8 Å². The summed E-state index contributed by atoms with van der Waals surface area (Å²) < 4.78 is 0. The molecule has 2 aromatic rings. The van der Waals surface area contributed by atoms with Crippen molar-refractivity contribution in [2.45, 2.75) is 33.6 Å². The van der Waals surface area contributed by atoms with Gasteiger partial charge in [-0.2, -0.15) is 0 Å².